The maximum Gasteiger partial charge on any atom is 0.253 e. The smallest absolute Gasteiger partial charge is 0.253 e. The van der Waals surface area contributed by atoms with Crippen LogP contribution in [0.1, 0.15) is 24.2 Å². The Morgan fingerprint density at radius 1 is 1.24 bits per heavy atom. The van der Waals surface area contributed by atoms with Crippen LogP contribution in [0.15, 0.2) is 23.1 Å². The van der Waals surface area contributed by atoms with Crippen molar-refractivity contribution in [1.29, 1.82) is 0 Å². The first-order chi connectivity index (χ1) is 9.54. The number of anilines is 1. The Balaban J connectivity index is 3.26. The van der Waals surface area contributed by atoms with E-state index in [4.69, 9.17) is 5.14 Å². The summed E-state index contributed by atoms with van der Waals surface area (Å²) >= 11 is 0. The van der Waals surface area contributed by atoms with Gasteiger partial charge in [0, 0.05) is 33.3 Å². The van der Waals surface area contributed by atoms with Gasteiger partial charge in [-0.2, -0.15) is 0 Å². The summed E-state index contributed by atoms with van der Waals surface area (Å²) in [5, 5.41) is 5.24. The highest BCUT2D eigenvalue weighted by Crippen LogP contribution is 2.24. The highest BCUT2D eigenvalue weighted by molar-refractivity contribution is 7.89. The van der Waals surface area contributed by atoms with Crippen LogP contribution in [-0.4, -0.2) is 46.9 Å². The van der Waals surface area contributed by atoms with Crippen molar-refractivity contribution in [2.75, 3.05) is 32.6 Å². The normalized spacial score (nSPS) is 11.6. The summed E-state index contributed by atoms with van der Waals surface area (Å²) in [6.45, 7) is 4.61. The molecular formula is C14H23N3O3S. The van der Waals surface area contributed by atoms with Crippen LogP contribution in [0, 0.1) is 5.92 Å². The van der Waals surface area contributed by atoms with E-state index < -0.39 is 10.0 Å². The lowest BCUT2D eigenvalue weighted by molar-refractivity contribution is 0.0779. The van der Waals surface area contributed by atoms with Crippen molar-refractivity contribution in [2.24, 2.45) is 11.1 Å². The van der Waals surface area contributed by atoms with Crippen molar-refractivity contribution >= 4 is 21.6 Å². The van der Waals surface area contributed by atoms with E-state index in [2.05, 4.69) is 0 Å². The van der Waals surface area contributed by atoms with Gasteiger partial charge in [0.05, 0.1) is 5.69 Å². The van der Waals surface area contributed by atoms with Gasteiger partial charge in [-0.25, -0.2) is 13.6 Å². The molecule has 7 heteroatoms. The van der Waals surface area contributed by atoms with Crippen LogP contribution in [0.2, 0.25) is 0 Å². The standard InChI is InChI=1S/C14H23N3O3S/c1-10(2)9-17(5)14(18)11-6-7-12(16(3)4)13(8-11)21(15,19)20/h6-8,10H,9H2,1-5H3,(H2,15,19,20). The quantitative estimate of drug-likeness (QED) is 0.883. The van der Waals surface area contributed by atoms with Gasteiger partial charge >= 0.3 is 0 Å². The van der Waals surface area contributed by atoms with E-state index >= 15 is 0 Å². The molecule has 6 nitrogen and oxygen atoms in total. The van der Waals surface area contributed by atoms with Crippen LogP contribution in [0.25, 0.3) is 0 Å². The van der Waals surface area contributed by atoms with E-state index in [-0.39, 0.29) is 10.8 Å². The summed E-state index contributed by atoms with van der Waals surface area (Å²) < 4.78 is 23.4. The van der Waals surface area contributed by atoms with E-state index in [0.29, 0.717) is 23.7 Å². The van der Waals surface area contributed by atoms with E-state index in [9.17, 15) is 13.2 Å². The Morgan fingerprint density at radius 2 is 1.81 bits per heavy atom. The lowest BCUT2D eigenvalue weighted by Crippen LogP contribution is -2.30. The molecule has 0 saturated heterocycles. The number of carbonyl (C=O) groups excluding carboxylic acids is 1. The molecule has 1 aromatic rings. The summed E-state index contributed by atoms with van der Waals surface area (Å²) in [6.07, 6.45) is 0. The van der Waals surface area contributed by atoms with Gasteiger partial charge in [0.15, 0.2) is 0 Å². The molecule has 118 valence electrons. The van der Waals surface area contributed by atoms with E-state index in [0.717, 1.165) is 0 Å². The maximum absolute atomic E-state index is 12.3. The molecule has 0 saturated carbocycles. The minimum absolute atomic E-state index is 0.0451. The maximum atomic E-state index is 12.3. The molecule has 0 aliphatic heterocycles. The summed E-state index contributed by atoms with van der Waals surface area (Å²) in [5.74, 6) is 0.108. The monoisotopic (exact) mass is 313 g/mol. The average Bonchev–Trinajstić information content (AvgIpc) is 2.35. The number of carbonyl (C=O) groups is 1. The van der Waals surface area contributed by atoms with Crippen molar-refractivity contribution in [1.82, 2.24) is 4.90 Å². The predicted octanol–water partition coefficient (Wildman–Crippen LogP) is 1.13. The van der Waals surface area contributed by atoms with Gasteiger partial charge in [-0.05, 0) is 24.1 Å². The predicted molar refractivity (Wildman–Crippen MR) is 83.9 cm³/mol. The molecule has 21 heavy (non-hydrogen) atoms. The summed E-state index contributed by atoms with van der Waals surface area (Å²) in [4.78, 5) is 15.5. The lowest BCUT2D eigenvalue weighted by Gasteiger charge is -2.21. The molecular weight excluding hydrogens is 290 g/mol. The third-order valence-electron chi connectivity index (χ3n) is 2.98. The van der Waals surface area contributed by atoms with Gasteiger partial charge in [0.1, 0.15) is 4.90 Å². The number of rotatable bonds is 5. The second kappa shape index (κ2) is 6.44. The van der Waals surface area contributed by atoms with Crippen LogP contribution in [0.3, 0.4) is 0 Å². The third-order valence-corrected chi connectivity index (χ3v) is 3.92. The molecule has 1 amide bonds. The fraction of sp³-hybridized carbons (Fsp3) is 0.500. The number of amides is 1. The number of benzene rings is 1. The first-order valence-electron chi connectivity index (χ1n) is 6.63. The lowest BCUT2D eigenvalue weighted by atomic mass is 10.1. The Kier molecular flexibility index (Phi) is 5.36. The zero-order chi connectivity index (χ0) is 16.4. The first kappa shape index (κ1) is 17.5. The molecule has 0 fully saturated rings. The minimum atomic E-state index is -3.90. The molecule has 0 aliphatic rings. The fourth-order valence-corrected chi connectivity index (χ4v) is 2.93. The number of primary sulfonamides is 1. The molecule has 0 aliphatic carbocycles. The van der Waals surface area contributed by atoms with Crippen molar-refractivity contribution in [2.45, 2.75) is 18.7 Å². The zero-order valence-electron chi connectivity index (χ0n) is 13.1. The second-order valence-corrected chi connectivity index (χ2v) is 7.23. The first-order valence-corrected chi connectivity index (χ1v) is 8.18. The molecule has 2 N–H and O–H groups in total. The van der Waals surface area contributed by atoms with Gasteiger partial charge < -0.3 is 9.80 Å². The van der Waals surface area contributed by atoms with Gasteiger partial charge in [-0.3, -0.25) is 4.79 Å². The molecule has 0 atom stereocenters. The van der Waals surface area contributed by atoms with Gasteiger partial charge in [0.2, 0.25) is 10.0 Å². The number of hydrogen-bond acceptors (Lipinski definition) is 4. The van der Waals surface area contributed by atoms with Crippen LogP contribution < -0.4 is 10.0 Å². The van der Waals surface area contributed by atoms with Crippen LogP contribution >= 0.6 is 0 Å². The van der Waals surface area contributed by atoms with E-state index in [1.54, 1.807) is 43.1 Å². The topological polar surface area (TPSA) is 83.7 Å². The van der Waals surface area contributed by atoms with Gasteiger partial charge in [-0.1, -0.05) is 13.8 Å². The zero-order valence-corrected chi connectivity index (χ0v) is 13.9. The number of nitrogens with zero attached hydrogens (tertiary/aromatic N) is 2. The molecule has 0 spiro atoms. The highest BCUT2D eigenvalue weighted by atomic mass is 32.2. The number of hydrogen-bond donors (Lipinski definition) is 1. The largest absolute Gasteiger partial charge is 0.377 e. The van der Waals surface area contributed by atoms with Gasteiger partial charge in [0.25, 0.3) is 5.91 Å². The van der Waals surface area contributed by atoms with Crippen molar-refractivity contribution in [3.05, 3.63) is 23.8 Å². The minimum Gasteiger partial charge on any atom is -0.377 e. The summed E-state index contributed by atoms with van der Waals surface area (Å²) in [7, 11) is 1.23. The van der Waals surface area contributed by atoms with Crippen molar-refractivity contribution in [3.8, 4) is 0 Å². The third kappa shape index (κ3) is 4.44. The summed E-state index contributed by atoms with van der Waals surface area (Å²) in [5.41, 5.74) is 0.772. The second-order valence-electron chi connectivity index (χ2n) is 5.70. The summed E-state index contributed by atoms with van der Waals surface area (Å²) in [6, 6.07) is 4.54. The fourth-order valence-electron chi connectivity index (χ4n) is 2.10. The molecule has 1 aromatic carbocycles. The number of sulfonamides is 1. The Morgan fingerprint density at radius 3 is 2.24 bits per heavy atom. The molecule has 0 bridgehead atoms. The molecule has 1 rings (SSSR count). The Bertz CT molecular complexity index is 624. The SMILES string of the molecule is CC(C)CN(C)C(=O)c1ccc(N(C)C)c(S(N)(=O)=O)c1. The average molecular weight is 313 g/mol. The molecule has 0 unspecified atom stereocenters. The van der Waals surface area contributed by atoms with E-state index in [1.165, 1.54) is 6.07 Å². The number of nitrogens with two attached hydrogens (primary N) is 1. The van der Waals surface area contributed by atoms with Crippen LogP contribution in [0.4, 0.5) is 5.69 Å². The highest BCUT2D eigenvalue weighted by Gasteiger charge is 2.20. The molecule has 0 heterocycles. The van der Waals surface area contributed by atoms with E-state index in [1.807, 2.05) is 13.8 Å². The van der Waals surface area contributed by atoms with Crippen molar-refractivity contribution < 1.29 is 13.2 Å². The van der Waals surface area contributed by atoms with Crippen LogP contribution in [-0.2, 0) is 10.0 Å². The Hall–Kier alpha value is -1.60. The molecule has 0 aromatic heterocycles. The van der Waals surface area contributed by atoms with Crippen LogP contribution in [0.5, 0.6) is 0 Å². The van der Waals surface area contributed by atoms with Gasteiger partial charge in [-0.15, -0.1) is 0 Å². The molecule has 0 radical (unpaired) electrons. The van der Waals surface area contributed by atoms with Crippen molar-refractivity contribution in [3.63, 3.8) is 0 Å². The Labute approximate surface area is 126 Å².